The molecule has 3 aliphatic rings. The van der Waals surface area contributed by atoms with Crippen molar-refractivity contribution in [2.45, 2.75) is 108 Å². The maximum Gasteiger partial charge on any atom is 0.261 e. The standard InChI is InChI=1S/C47H61NO2Si2/c1-36(50-52(45(2,3)4,40-27-16-10-17-28-40)41-29-18-11-19-30-41)42-32-44-46(5)38(35-48(44)34-37-22-12-8-13-23-37)24-20-21-31-47(46,49)33-43(42)51(6,7)39-25-14-9-15-26-39/h8-19,21-23,25-31,36,38,42-44,49H,20,24,32-35H2,1-7H3/t36-,38-,42-,43+,44-,46-,47+/m1/s1. The first-order valence-electron chi connectivity index (χ1n) is 19.8. The average molecular weight is 728 g/mol. The maximum absolute atomic E-state index is 13.4. The summed E-state index contributed by atoms with van der Waals surface area (Å²) in [5.41, 5.74) is 0.493. The van der Waals surface area contributed by atoms with Crippen LogP contribution in [-0.4, -0.2) is 50.7 Å². The molecule has 0 aromatic heterocycles. The molecule has 1 N–H and O–H groups in total. The summed E-state index contributed by atoms with van der Waals surface area (Å²) in [4.78, 5) is 2.77. The fraction of sp³-hybridized carbons (Fsp3) is 0.447. The van der Waals surface area contributed by atoms with Gasteiger partial charge in [0.25, 0.3) is 8.32 Å². The lowest BCUT2D eigenvalue weighted by molar-refractivity contribution is -0.0735. The van der Waals surface area contributed by atoms with Gasteiger partial charge in [0, 0.05) is 30.7 Å². The summed E-state index contributed by atoms with van der Waals surface area (Å²) in [7, 11) is -5.03. The van der Waals surface area contributed by atoms with Gasteiger partial charge in [-0.25, -0.2) is 0 Å². The van der Waals surface area contributed by atoms with E-state index < -0.39 is 22.0 Å². The van der Waals surface area contributed by atoms with Gasteiger partial charge >= 0.3 is 0 Å². The first kappa shape index (κ1) is 37.3. The number of hydrogen-bond donors (Lipinski definition) is 1. The molecule has 2 aliphatic carbocycles. The number of likely N-dealkylation sites (tertiary alicyclic amines) is 1. The van der Waals surface area contributed by atoms with Crippen molar-refractivity contribution in [3.63, 3.8) is 0 Å². The summed E-state index contributed by atoms with van der Waals surface area (Å²) in [5, 5.41) is 17.5. The lowest BCUT2D eigenvalue weighted by Crippen LogP contribution is -2.68. The quantitative estimate of drug-likeness (QED) is 0.138. The van der Waals surface area contributed by atoms with Crippen LogP contribution in [0.3, 0.4) is 0 Å². The Balaban J connectivity index is 1.40. The third-order valence-electron chi connectivity index (χ3n) is 14.0. The molecule has 1 saturated carbocycles. The Labute approximate surface area is 316 Å². The van der Waals surface area contributed by atoms with Crippen LogP contribution in [-0.2, 0) is 11.0 Å². The summed E-state index contributed by atoms with van der Waals surface area (Å²) in [5.74, 6) is 0.682. The Morgan fingerprint density at radius 3 is 1.87 bits per heavy atom. The van der Waals surface area contributed by atoms with Gasteiger partial charge < -0.3 is 9.53 Å². The smallest absolute Gasteiger partial charge is 0.261 e. The molecule has 7 atom stereocenters. The van der Waals surface area contributed by atoms with Crippen LogP contribution in [0.4, 0.5) is 0 Å². The van der Waals surface area contributed by atoms with E-state index in [9.17, 15) is 5.11 Å². The highest BCUT2D eigenvalue weighted by molar-refractivity contribution is 6.99. The molecule has 1 saturated heterocycles. The van der Waals surface area contributed by atoms with Gasteiger partial charge in [-0.05, 0) is 71.0 Å². The molecule has 52 heavy (non-hydrogen) atoms. The van der Waals surface area contributed by atoms with Gasteiger partial charge in [0.05, 0.1) is 13.7 Å². The van der Waals surface area contributed by atoms with Gasteiger partial charge in [0.1, 0.15) is 0 Å². The van der Waals surface area contributed by atoms with Crippen LogP contribution in [0.1, 0.15) is 65.9 Å². The van der Waals surface area contributed by atoms with Crippen molar-refractivity contribution in [3.8, 4) is 0 Å². The Morgan fingerprint density at radius 2 is 1.33 bits per heavy atom. The van der Waals surface area contributed by atoms with Crippen LogP contribution in [0, 0.1) is 17.3 Å². The number of aliphatic hydroxyl groups is 1. The van der Waals surface area contributed by atoms with E-state index in [-0.39, 0.29) is 28.5 Å². The molecule has 4 aromatic rings. The Hall–Kier alpha value is -3.07. The lowest BCUT2D eigenvalue weighted by Gasteiger charge is -2.49. The largest absolute Gasteiger partial charge is 0.404 e. The minimum absolute atomic E-state index is 0.0251. The molecule has 0 bridgehead atoms. The molecule has 0 amide bonds. The molecule has 0 radical (unpaired) electrons. The lowest BCUT2D eigenvalue weighted by atomic mass is 9.62. The fourth-order valence-corrected chi connectivity index (χ4v) is 19.6. The van der Waals surface area contributed by atoms with Crippen molar-refractivity contribution in [2.75, 3.05) is 6.54 Å². The van der Waals surface area contributed by atoms with E-state index in [2.05, 4.69) is 186 Å². The molecule has 4 aromatic carbocycles. The zero-order valence-corrected chi connectivity index (χ0v) is 34.6. The van der Waals surface area contributed by atoms with Gasteiger partial charge in [-0.1, -0.05) is 179 Å². The second-order valence-corrected chi connectivity index (χ2v) is 27.1. The van der Waals surface area contributed by atoms with Crippen molar-refractivity contribution in [1.29, 1.82) is 0 Å². The molecule has 0 unspecified atom stereocenters. The normalized spacial score (nSPS) is 28.8. The van der Waals surface area contributed by atoms with E-state index in [1.165, 1.54) is 21.1 Å². The SMILES string of the molecule is C[C@@H](O[Si](c1ccccc1)(c1ccccc1)C(C)(C)C)[C@H]1C[C@H]2N(Cc3ccccc3)C[C@H]3CCC=C[C@](O)(C[C@@H]1[Si](C)(C)c1ccccc1)[C@]32C. The third-order valence-corrected chi connectivity index (χ3v) is 23.5. The number of benzene rings is 4. The highest BCUT2D eigenvalue weighted by Crippen LogP contribution is 2.62. The van der Waals surface area contributed by atoms with E-state index in [0.29, 0.717) is 11.5 Å². The predicted octanol–water partition coefficient (Wildman–Crippen LogP) is 8.94. The van der Waals surface area contributed by atoms with Crippen LogP contribution >= 0.6 is 0 Å². The van der Waals surface area contributed by atoms with E-state index in [1.54, 1.807) is 0 Å². The van der Waals surface area contributed by atoms with Crippen molar-refractivity contribution in [2.24, 2.45) is 17.3 Å². The van der Waals surface area contributed by atoms with Crippen LogP contribution in [0.5, 0.6) is 0 Å². The maximum atomic E-state index is 13.4. The van der Waals surface area contributed by atoms with Crippen molar-refractivity contribution < 1.29 is 9.53 Å². The number of hydrogen-bond acceptors (Lipinski definition) is 3. The third kappa shape index (κ3) is 6.34. The van der Waals surface area contributed by atoms with Crippen molar-refractivity contribution >= 4 is 32.0 Å². The Bertz CT molecular complexity index is 1770. The topological polar surface area (TPSA) is 32.7 Å². The van der Waals surface area contributed by atoms with Crippen LogP contribution in [0.2, 0.25) is 23.7 Å². The van der Waals surface area contributed by atoms with Gasteiger partial charge in [0.15, 0.2) is 0 Å². The number of rotatable bonds is 9. The van der Waals surface area contributed by atoms with Crippen LogP contribution in [0.25, 0.3) is 0 Å². The fourth-order valence-electron chi connectivity index (χ4n) is 11.1. The molecule has 1 heterocycles. The summed E-state index contributed by atoms with van der Waals surface area (Å²) < 4.78 is 8.08. The zero-order chi connectivity index (χ0) is 36.8. The Morgan fingerprint density at radius 1 is 0.808 bits per heavy atom. The molecule has 3 nitrogen and oxygen atoms in total. The minimum Gasteiger partial charge on any atom is -0.404 e. The summed E-state index contributed by atoms with van der Waals surface area (Å²) in [6.07, 6.45) is 8.52. The van der Waals surface area contributed by atoms with E-state index in [1.807, 2.05) is 0 Å². The highest BCUT2D eigenvalue weighted by Gasteiger charge is 2.65. The summed E-state index contributed by atoms with van der Waals surface area (Å²) >= 11 is 0. The monoisotopic (exact) mass is 727 g/mol. The second kappa shape index (κ2) is 14.3. The number of nitrogens with zero attached hydrogens (tertiary/aromatic N) is 1. The van der Waals surface area contributed by atoms with E-state index in [0.717, 1.165) is 38.8 Å². The molecule has 0 spiro atoms. The van der Waals surface area contributed by atoms with Crippen molar-refractivity contribution in [3.05, 3.63) is 139 Å². The molecule has 1 aliphatic heterocycles. The van der Waals surface area contributed by atoms with Crippen molar-refractivity contribution in [1.82, 2.24) is 4.90 Å². The predicted molar refractivity (Wildman–Crippen MR) is 224 cm³/mol. The second-order valence-electron chi connectivity index (χ2n) is 18.1. The van der Waals surface area contributed by atoms with Gasteiger partial charge in [-0.3, -0.25) is 4.90 Å². The number of allylic oxidation sites excluding steroid dienone is 1. The zero-order valence-electron chi connectivity index (χ0n) is 32.6. The first-order chi connectivity index (χ1) is 24.8. The molecular weight excluding hydrogens is 667 g/mol. The molecular formula is C47H61NO2Si2. The summed E-state index contributed by atoms with van der Waals surface area (Å²) in [6.45, 7) is 19.2. The molecule has 7 rings (SSSR count). The van der Waals surface area contributed by atoms with Gasteiger partial charge in [-0.15, -0.1) is 0 Å². The summed E-state index contributed by atoms with van der Waals surface area (Å²) in [6, 6.07) is 44.8. The Kier molecular flexibility index (Phi) is 10.2. The van der Waals surface area contributed by atoms with E-state index in [4.69, 9.17) is 4.43 Å². The van der Waals surface area contributed by atoms with Crippen LogP contribution < -0.4 is 15.6 Å². The molecule has 274 valence electrons. The van der Waals surface area contributed by atoms with Gasteiger partial charge in [0.2, 0.25) is 0 Å². The first-order valence-corrected chi connectivity index (χ1v) is 24.8. The highest BCUT2D eigenvalue weighted by atomic mass is 28.4. The molecule has 5 heteroatoms. The average Bonchev–Trinajstić information content (AvgIpc) is 3.27. The van der Waals surface area contributed by atoms with Gasteiger partial charge in [-0.2, -0.15) is 0 Å². The minimum atomic E-state index is -2.84. The molecule has 2 fully saturated rings. The van der Waals surface area contributed by atoms with E-state index >= 15 is 0 Å². The van der Waals surface area contributed by atoms with Crippen LogP contribution in [0.15, 0.2) is 133 Å².